The van der Waals surface area contributed by atoms with E-state index in [-0.39, 0.29) is 29.7 Å². The number of urea groups is 1. The van der Waals surface area contributed by atoms with Crippen molar-refractivity contribution in [2.45, 2.75) is 57.0 Å². The van der Waals surface area contributed by atoms with Crippen molar-refractivity contribution < 1.29 is 14.0 Å². The summed E-state index contributed by atoms with van der Waals surface area (Å²) in [6, 6.07) is 5.89. The third kappa shape index (κ3) is 4.42. The average Bonchev–Trinajstić information content (AvgIpc) is 2.59. The van der Waals surface area contributed by atoms with Gasteiger partial charge in [-0.15, -0.1) is 0 Å². The largest absolute Gasteiger partial charge is 0.352 e. The van der Waals surface area contributed by atoms with Crippen molar-refractivity contribution in [1.82, 2.24) is 16.0 Å². The van der Waals surface area contributed by atoms with Crippen LogP contribution >= 0.6 is 0 Å². The summed E-state index contributed by atoms with van der Waals surface area (Å²) in [5.74, 6) is 1.94. The number of rotatable bonds is 6. The van der Waals surface area contributed by atoms with Crippen molar-refractivity contribution in [3.63, 3.8) is 0 Å². The van der Waals surface area contributed by atoms with Gasteiger partial charge in [0.2, 0.25) is 5.91 Å². The smallest absolute Gasteiger partial charge is 0.315 e. The van der Waals surface area contributed by atoms with Crippen LogP contribution in [0.4, 0.5) is 9.18 Å². The van der Waals surface area contributed by atoms with Crippen LogP contribution in [0.1, 0.15) is 50.5 Å². The molecule has 5 rings (SSSR count). The fourth-order valence-electron chi connectivity index (χ4n) is 5.73. The molecule has 6 heteroatoms. The summed E-state index contributed by atoms with van der Waals surface area (Å²) in [5, 5.41) is 8.86. The van der Waals surface area contributed by atoms with Crippen molar-refractivity contribution in [3.8, 4) is 0 Å². The fraction of sp³-hybridized carbons (Fsp3) is 0.619. The topological polar surface area (TPSA) is 70.2 Å². The van der Waals surface area contributed by atoms with E-state index in [1.54, 1.807) is 12.1 Å². The maximum absolute atomic E-state index is 12.9. The molecule has 0 spiro atoms. The Morgan fingerprint density at radius 3 is 2.15 bits per heavy atom. The van der Waals surface area contributed by atoms with E-state index in [4.69, 9.17) is 0 Å². The molecule has 0 radical (unpaired) electrons. The molecule has 5 nitrogen and oxygen atoms in total. The van der Waals surface area contributed by atoms with Crippen LogP contribution in [0.15, 0.2) is 24.3 Å². The van der Waals surface area contributed by atoms with Gasteiger partial charge in [0.1, 0.15) is 5.82 Å². The van der Waals surface area contributed by atoms with Crippen LogP contribution in [0.3, 0.4) is 0 Å². The van der Waals surface area contributed by atoms with Crippen LogP contribution in [0.2, 0.25) is 0 Å². The monoisotopic (exact) mass is 373 g/mol. The normalized spacial score (nSPS) is 30.8. The Kier molecular flexibility index (Phi) is 5.06. The Balaban J connectivity index is 1.16. The van der Waals surface area contributed by atoms with Crippen molar-refractivity contribution in [2.24, 2.45) is 17.8 Å². The Morgan fingerprint density at radius 2 is 1.56 bits per heavy atom. The highest BCUT2D eigenvalue weighted by Crippen LogP contribution is 2.55. The second-order valence-corrected chi connectivity index (χ2v) is 8.73. The van der Waals surface area contributed by atoms with E-state index in [1.165, 1.54) is 31.4 Å². The first-order valence-corrected chi connectivity index (χ1v) is 10.1. The van der Waals surface area contributed by atoms with E-state index in [0.29, 0.717) is 13.1 Å². The number of carbonyl (C=O) groups excluding carboxylic acids is 2. The van der Waals surface area contributed by atoms with E-state index >= 15 is 0 Å². The minimum absolute atomic E-state index is 0.0102. The van der Waals surface area contributed by atoms with Crippen LogP contribution in [-0.2, 0) is 11.3 Å². The van der Waals surface area contributed by atoms with E-state index in [9.17, 15) is 14.0 Å². The molecule has 4 fully saturated rings. The molecular formula is C21H28FN3O2. The zero-order valence-corrected chi connectivity index (χ0v) is 15.6. The van der Waals surface area contributed by atoms with E-state index in [1.807, 2.05) is 0 Å². The number of nitrogens with one attached hydrogen (secondary N) is 3. The molecule has 4 saturated carbocycles. The lowest BCUT2D eigenvalue weighted by atomic mass is 9.53. The minimum atomic E-state index is -0.292. The summed E-state index contributed by atoms with van der Waals surface area (Å²) in [6.07, 6.45) is 7.61. The average molecular weight is 373 g/mol. The molecule has 4 bridgehead atoms. The fourth-order valence-corrected chi connectivity index (χ4v) is 5.73. The van der Waals surface area contributed by atoms with Crippen LogP contribution in [0.5, 0.6) is 0 Å². The third-order valence-corrected chi connectivity index (χ3v) is 6.46. The highest BCUT2D eigenvalue weighted by Gasteiger charge is 2.51. The molecule has 1 aromatic rings. The van der Waals surface area contributed by atoms with E-state index < -0.39 is 0 Å². The molecular weight excluding hydrogens is 345 g/mol. The van der Waals surface area contributed by atoms with E-state index in [2.05, 4.69) is 16.0 Å². The van der Waals surface area contributed by atoms with Crippen LogP contribution in [0, 0.1) is 23.6 Å². The molecule has 0 heterocycles. The molecule has 27 heavy (non-hydrogen) atoms. The number of halogens is 1. The van der Waals surface area contributed by atoms with Gasteiger partial charge in [-0.2, -0.15) is 0 Å². The Hall–Kier alpha value is -2.11. The maximum Gasteiger partial charge on any atom is 0.315 e. The van der Waals surface area contributed by atoms with Crippen molar-refractivity contribution in [1.29, 1.82) is 0 Å². The second kappa shape index (κ2) is 7.49. The molecule has 3 N–H and O–H groups in total. The zero-order chi connectivity index (χ0) is 18.9. The third-order valence-electron chi connectivity index (χ3n) is 6.46. The highest BCUT2D eigenvalue weighted by molar-refractivity contribution is 5.78. The number of benzene rings is 1. The summed E-state index contributed by atoms with van der Waals surface area (Å²) in [5.41, 5.74) is 0.834. The molecule has 0 unspecified atom stereocenters. The quantitative estimate of drug-likeness (QED) is 0.717. The first-order chi connectivity index (χ1) is 13.0. The van der Waals surface area contributed by atoms with Crippen molar-refractivity contribution in [3.05, 3.63) is 35.6 Å². The molecule has 4 aliphatic rings. The molecule has 3 amide bonds. The Morgan fingerprint density at radius 1 is 0.963 bits per heavy atom. The van der Waals surface area contributed by atoms with Gasteiger partial charge in [0.05, 0.1) is 0 Å². The molecule has 0 saturated heterocycles. The van der Waals surface area contributed by atoms with Gasteiger partial charge in [0.25, 0.3) is 0 Å². The molecule has 146 valence electrons. The Bertz CT molecular complexity index is 669. The van der Waals surface area contributed by atoms with Gasteiger partial charge in [0, 0.05) is 25.0 Å². The van der Waals surface area contributed by atoms with Crippen molar-refractivity contribution >= 4 is 11.9 Å². The number of hydrogen-bond donors (Lipinski definition) is 3. The van der Waals surface area contributed by atoms with Gasteiger partial charge >= 0.3 is 6.03 Å². The van der Waals surface area contributed by atoms with Crippen LogP contribution < -0.4 is 16.0 Å². The summed E-state index contributed by atoms with van der Waals surface area (Å²) in [7, 11) is 0. The number of carbonyl (C=O) groups is 2. The van der Waals surface area contributed by atoms with Gasteiger partial charge in [-0.3, -0.25) is 4.79 Å². The first-order valence-electron chi connectivity index (χ1n) is 10.1. The number of hydrogen-bond acceptors (Lipinski definition) is 2. The van der Waals surface area contributed by atoms with Gasteiger partial charge < -0.3 is 16.0 Å². The van der Waals surface area contributed by atoms with Crippen molar-refractivity contribution in [2.75, 3.05) is 6.54 Å². The molecule has 0 atom stereocenters. The Labute approximate surface area is 159 Å². The molecule has 0 aromatic heterocycles. The minimum Gasteiger partial charge on any atom is -0.352 e. The lowest BCUT2D eigenvalue weighted by molar-refractivity contribution is -0.121. The van der Waals surface area contributed by atoms with Crippen LogP contribution in [0.25, 0.3) is 0 Å². The molecule has 4 aliphatic carbocycles. The van der Waals surface area contributed by atoms with Gasteiger partial charge in [-0.25, -0.2) is 9.18 Å². The number of amides is 3. The first kappa shape index (κ1) is 18.3. The van der Waals surface area contributed by atoms with Crippen LogP contribution in [-0.4, -0.2) is 24.0 Å². The molecule has 0 aliphatic heterocycles. The summed E-state index contributed by atoms with van der Waals surface area (Å²) in [6.45, 7) is 0.673. The maximum atomic E-state index is 12.9. The second-order valence-electron chi connectivity index (χ2n) is 8.73. The highest BCUT2D eigenvalue weighted by atomic mass is 19.1. The van der Waals surface area contributed by atoms with Gasteiger partial charge in [0.15, 0.2) is 0 Å². The lowest BCUT2D eigenvalue weighted by Gasteiger charge is -2.56. The van der Waals surface area contributed by atoms with Gasteiger partial charge in [-0.05, 0) is 74.0 Å². The zero-order valence-electron chi connectivity index (χ0n) is 15.6. The molecule has 1 aromatic carbocycles. The van der Waals surface area contributed by atoms with Gasteiger partial charge in [-0.1, -0.05) is 12.1 Å². The lowest BCUT2D eigenvalue weighted by Crippen LogP contribution is -2.61. The predicted octanol–water partition coefficient (Wildman–Crippen LogP) is 3.10. The predicted molar refractivity (Wildman–Crippen MR) is 100 cm³/mol. The summed E-state index contributed by atoms with van der Waals surface area (Å²) >= 11 is 0. The SMILES string of the molecule is O=C(CCNC(=O)NC12CC3CC(CC(C3)C1)C2)NCc1ccc(F)cc1. The van der Waals surface area contributed by atoms with E-state index in [0.717, 1.165) is 42.6 Å². The summed E-state index contributed by atoms with van der Waals surface area (Å²) in [4.78, 5) is 24.2. The summed E-state index contributed by atoms with van der Waals surface area (Å²) < 4.78 is 12.9. The standard InChI is InChI=1S/C21H28FN3O2/c22-18-3-1-14(2-4-18)13-24-19(26)5-6-23-20(27)25-21-10-15-7-16(11-21)9-17(8-15)12-21/h1-4,15-17H,5-13H2,(H,24,26)(H2,23,25,27).